The number of hydrogen-bond donors (Lipinski definition) is 1. The highest BCUT2D eigenvalue weighted by molar-refractivity contribution is 5.46. The van der Waals surface area contributed by atoms with Crippen LogP contribution in [0.4, 0.5) is 11.6 Å². The maximum Gasteiger partial charge on any atom is 0.225 e. The molecule has 1 N–H and O–H groups in total. The molecule has 2 saturated heterocycles. The van der Waals surface area contributed by atoms with Gasteiger partial charge in [0.25, 0.3) is 0 Å². The predicted molar refractivity (Wildman–Crippen MR) is 112 cm³/mol. The van der Waals surface area contributed by atoms with E-state index in [1.54, 1.807) is 12.4 Å². The molecule has 0 saturated carbocycles. The molecule has 7 heteroatoms. The Labute approximate surface area is 167 Å². The number of benzene rings is 1. The first-order valence-electron chi connectivity index (χ1n) is 10.2. The van der Waals surface area contributed by atoms with Gasteiger partial charge in [-0.05, 0) is 18.2 Å². The van der Waals surface area contributed by atoms with E-state index in [1.165, 1.54) is 5.69 Å². The van der Waals surface area contributed by atoms with Gasteiger partial charge >= 0.3 is 0 Å². The van der Waals surface area contributed by atoms with Crippen molar-refractivity contribution in [3.63, 3.8) is 0 Å². The minimum absolute atomic E-state index is 0.303. The highest BCUT2D eigenvalue weighted by atomic mass is 16.3. The summed E-state index contributed by atoms with van der Waals surface area (Å²) in [4.78, 5) is 18.0. The van der Waals surface area contributed by atoms with Crippen LogP contribution in [0.2, 0.25) is 0 Å². The fourth-order valence-electron chi connectivity index (χ4n) is 4.07. The summed E-state index contributed by atoms with van der Waals surface area (Å²) in [7, 11) is 0. The molecule has 28 heavy (non-hydrogen) atoms. The van der Waals surface area contributed by atoms with E-state index in [1.807, 2.05) is 6.07 Å². The van der Waals surface area contributed by atoms with Crippen LogP contribution in [-0.2, 0) is 0 Å². The lowest BCUT2D eigenvalue weighted by atomic mass is 10.2. The molecule has 3 heterocycles. The fraction of sp³-hybridized carbons (Fsp3) is 0.524. The Kier molecular flexibility index (Phi) is 6.36. The van der Waals surface area contributed by atoms with E-state index in [2.05, 4.69) is 59.9 Å². The third-order valence-corrected chi connectivity index (χ3v) is 5.64. The van der Waals surface area contributed by atoms with Crippen LogP contribution >= 0.6 is 0 Å². The van der Waals surface area contributed by atoms with Crippen molar-refractivity contribution < 1.29 is 5.11 Å². The van der Waals surface area contributed by atoms with Crippen LogP contribution in [-0.4, -0.2) is 96.4 Å². The molecule has 7 nitrogen and oxygen atoms in total. The van der Waals surface area contributed by atoms with Gasteiger partial charge in [0.05, 0.1) is 6.10 Å². The molecule has 0 spiro atoms. The van der Waals surface area contributed by atoms with Crippen LogP contribution < -0.4 is 9.80 Å². The predicted octanol–water partition coefficient (Wildman–Crippen LogP) is 0.782. The molecule has 2 aliphatic rings. The molecule has 0 aliphatic carbocycles. The summed E-state index contributed by atoms with van der Waals surface area (Å²) < 4.78 is 0. The zero-order chi connectivity index (χ0) is 19.2. The van der Waals surface area contributed by atoms with Crippen LogP contribution in [0.1, 0.15) is 0 Å². The minimum atomic E-state index is -0.303. The van der Waals surface area contributed by atoms with Gasteiger partial charge in [0.1, 0.15) is 0 Å². The molecular formula is C21H30N6O. The average Bonchev–Trinajstić information content (AvgIpc) is 2.76. The standard InChI is InChI=1S/C21H30N6O/c28-20(17-24-9-13-26(14-10-24)19-5-2-1-3-6-19)18-25-11-15-27(16-12-25)21-22-7-4-8-23-21/h1-8,20,28H,9-18H2. The lowest BCUT2D eigenvalue weighted by Gasteiger charge is -2.38. The number of nitrogens with zero attached hydrogens (tertiary/aromatic N) is 6. The van der Waals surface area contributed by atoms with Crippen molar-refractivity contribution >= 4 is 11.6 Å². The second-order valence-corrected chi connectivity index (χ2v) is 7.61. The van der Waals surface area contributed by atoms with Crippen molar-refractivity contribution in [1.82, 2.24) is 19.8 Å². The third kappa shape index (κ3) is 4.98. The summed E-state index contributed by atoms with van der Waals surface area (Å²) in [6.07, 6.45) is 3.27. The van der Waals surface area contributed by atoms with Gasteiger partial charge in [0.2, 0.25) is 5.95 Å². The number of aliphatic hydroxyl groups is 1. The van der Waals surface area contributed by atoms with Gasteiger partial charge in [-0.2, -0.15) is 0 Å². The maximum absolute atomic E-state index is 10.6. The van der Waals surface area contributed by atoms with Crippen molar-refractivity contribution in [2.45, 2.75) is 6.10 Å². The van der Waals surface area contributed by atoms with Gasteiger partial charge in [0, 0.05) is 83.5 Å². The molecule has 2 fully saturated rings. The molecule has 0 bridgehead atoms. The van der Waals surface area contributed by atoms with E-state index in [0.29, 0.717) is 0 Å². The Morgan fingerprint density at radius 1 is 0.714 bits per heavy atom. The molecule has 1 aromatic heterocycles. The van der Waals surface area contributed by atoms with Crippen molar-refractivity contribution in [1.29, 1.82) is 0 Å². The first-order chi connectivity index (χ1) is 13.8. The molecule has 0 amide bonds. The Morgan fingerprint density at radius 2 is 1.25 bits per heavy atom. The molecule has 150 valence electrons. The second-order valence-electron chi connectivity index (χ2n) is 7.61. The van der Waals surface area contributed by atoms with E-state index in [9.17, 15) is 5.11 Å². The van der Waals surface area contributed by atoms with Crippen molar-refractivity contribution in [3.8, 4) is 0 Å². The van der Waals surface area contributed by atoms with E-state index in [4.69, 9.17) is 0 Å². The number of hydrogen-bond acceptors (Lipinski definition) is 7. The van der Waals surface area contributed by atoms with Crippen molar-refractivity contribution in [2.24, 2.45) is 0 Å². The number of para-hydroxylation sites is 1. The van der Waals surface area contributed by atoms with Gasteiger partial charge in [-0.1, -0.05) is 18.2 Å². The van der Waals surface area contributed by atoms with Crippen LogP contribution in [0, 0.1) is 0 Å². The van der Waals surface area contributed by atoms with Crippen molar-refractivity contribution in [3.05, 3.63) is 48.8 Å². The Morgan fingerprint density at radius 3 is 1.82 bits per heavy atom. The topological polar surface area (TPSA) is 59.0 Å². The Bertz CT molecular complexity index is 638. The summed E-state index contributed by atoms with van der Waals surface area (Å²) >= 11 is 0. The largest absolute Gasteiger partial charge is 0.390 e. The monoisotopic (exact) mass is 382 g/mol. The smallest absolute Gasteiger partial charge is 0.225 e. The summed E-state index contributed by atoms with van der Waals surface area (Å²) in [5, 5.41) is 10.6. The Balaban J connectivity index is 1.17. The number of anilines is 2. The van der Waals surface area contributed by atoms with Crippen molar-refractivity contribution in [2.75, 3.05) is 75.2 Å². The Hall–Kier alpha value is -2.22. The SMILES string of the molecule is OC(CN1CCN(c2ccccc2)CC1)CN1CCN(c2ncccn2)CC1. The number of aliphatic hydroxyl groups excluding tert-OH is 1. The summed E-state index contributed by atoms with van der Waals surface area (Å²) in [5.41, 5.74) is 1.29. The molecule has 0 radical (unpaired) electrons. The second kappa shape index (κ2) is 9.32. The normalized spacial score (nSPS) is 20.3. The molecular weight excluding hydrogens is 352 g/mol. The molecule has 1 aromatic carbocycles. The van der Waals surface area contributed by atoms with Crippen LogP contribution in [0.25, 0.3) is 0 Å². The zero-order valence-corrected chi connectivity index (χ0v) is 16.4. The lowest BCUT2D eigenvalue weighted by Crippen LogP contribution is -2.52. The number of rotatable bonds is 6. The maximum atomic E-state index is 10.6. The van der Waals surface area contributed by atoms with Gasteiger partial charge in [0.15, 0.2) is 0 Å². The van der Waals surface area contributed by atoms with E-state index in [0.717, 1.165) is 71.4 Å². The minimum Gasteiger partial charge on any atom is -0.390 e. The number of aromatic nitrogens is 2. The van der Waals surface area contributed by atoms with Gasteiger partial charge in [-0.25, -0.2) is 9.97 Å². The molecule has 2 aromatic rings. The van der Waals surface area contributed by atoms with Gasteiger partial charge < -0.3 is 14.9 Å². The van der Waals surface area contributed by atoms with Gasteiger partial charge in [-0.15, -0.1) is 0 Å². The highest BCUT2D eigenvalue weighted by Crippen LogP contribution is 2.16. The molecule has 1 unspecified atom stereocenters. The molecule has 4 rings (SSSR count). The van der Waals surface area contributed by atoms with E-state index in [-0.39, 0.29) is 6.10 Å². The average molecular weight is 383 g/mol. The lowest BCUT2D eigenvalue weighted by molar-refractivity contribution is 0.0696. The zero-order valence-electron chi connectivity index (χ0n) is 16.4. The quantitative estimate of drug-likeness (QED) is 0.792. The first kappa shape index (κ1) is 19.1. The molecule has 1 atom stereocenters. The van der Waals surface area contributed by atoms with Crippen LogP contribution in [0.15, 0.2) is 48.8 Å². The molecule has 2 aliphatic heterocycles. The van der Waals surface area contributed by atoms with E-state index >= 15 is 0 Å². The number of piperazine rings is 2. The third-order valence-electron chi connectivity index (χ3n) is 5.64. The summed E-state index contributed by atoms with van der Waals surface area (Å²) in [6, 6.07) is 12.4. The fourth-order valence-corrected chi connectivity index (χ4v) is 4.07. The first-order valence-corrected chi connectivity index (χ1v) is 10.2. The van der Waals surface area contributed by atoms with Crippen LogP contribution in [0.3, 0.4) is 0 Å². The van der Waals surface area contributed by atoms with Crippen LogP contribution in [0.5, 0.6) is 0 Å². The highest BCUT2D eigenvalue weighted by Gasteiger charge is 2.23. The summed E-state index contributed by atoms with van der Waals surface area (Å²) in [6.45, 7) is 9.25. The number of β-amino-alcohol motifs (C(OH)–C–C–N with tert-alkyl or cyclic N) is 1. The van der Waals surface area contributed by atoms with E-state index < -0.39 is 0 Å². The van der Waals surface area contributed by atoms with Gasteiger partial charge in [-0.3, -0.25) is 9.80 Å². The summed E-state index contributed by atoms with van der Waals surface area (Å²) in [5.74, 6) is 0.805.